The highest BCUT2D eigenvalue weighted by Crippen LogP contribution is 2.40. The number of nitrogens with one attached hydrogen (secondary N) is 1. The minimum atomic E-state index is -0.218. The topological polar surface area (TPSA) is 82.2 Å². The van der Waals surface area contributed by atoms with E-state index in [0.717, 1.165) is 12.8 Å². The van der Waals surface area contributed by atoms with Gasteiger partial charge in [0.25, 0.3) is 5.89 Å². The van der Waals surface area contributed by atoms with Crippen LogP contribution in [0.25, 0.3) is 11.6 Å². The van der Waals surface area contributed by atoms with Crippen LogP contribution in [0.3, 0.4) is 0 Å². The molecule has 0 bridgehead atoms. The zero-order valence-electron chi connectivity index (χ0n) is 14.1. The Kier molecular flexibility index (Phi) is 4.38. The number of carbonyl (C=O) groups is 1. The second-order valence-electron chi connectivity index (χ2n) is 6.13. The van der Waals surface area contributed by atoms with E-state index in [1.807, 2.05) is 12.1 Å². The van der Waals surface area contributed by atoms with Crippen LogP contribution in [0.15, 0.2) is 40.9 Å². The molecule has 0 spiro atoms. The predicted molar refractivity (Wildman–Crippen MR) is 96.3 cm³/mol. The summed E-state index contributed by atoms with van der Waals surface area (Å²) in [5, 5.41) is 11.5. The lowest BCUT2D eigenvalue weighted by Crippen LogP contribution is -2.19. The average molecular weight is 373 g/mol. The lowest BCUT2D eigenvalue weighted by atomic mass is 10.3. The van der Waals surface area contributed by atoms with Crippen molar-refractivity contribution in [3.05, 3.63) is 47.4 Å². The van der Waals surface area contributed by atoms with Crippen molar-refractivity contribution >= 4 is 23.2 Å². The number of methoxy groups -OCH3 is 1. The number of nitrogens with zero attached hydrogens (tertiary/aromatic N) is 3. The van der Waals surface area contributed by atoms with E-state index in [0.29, 0.717) is 39.9 Å². The molecule has 0 saturated heterocycles. The Bertz CT molecular complexity index is 946. The van der Waals surface area contributed by atoms with Crippen molar-refractivity contribution in [1.29, 1.82) is 0 Å². The Balaban J connectivity index is 1.50. The Morgan fingerprint density at radius 3 is 3.00 bits per heavy atom. The van der Waals surface area contributed by atoms with E-state index >= 15 is 0 Å². The molecule has 1 aromatic carbocycles. The van der Waals surface area contributed by atoms with Gasteiger partial charge in [-0.1, -0.05) is 11.6 Å². The van der Waals surface area contributed by atoms with Gasteiger partial charge in [0.2, 0.25) is 11.8 Å². The van der Waals surface area contributed by atoms with Gasteiger partial charge in [0, 0.05) is 17.1 Å². The van der Waals surface area contributed by atoms with Crippen molar-refractivity contribution in [2.45, 2.75) is 25.3 Å². The van der Waals surface area contributed by atoms with E-state index < -0.39 is 0 Å². The second-order valence-corrected chi connectivity index (χ2v) is 6.57. The van der Waals surface area contributed by atoms with E-state index in [1.165, 1.54) is 7.11 Å². The number of amides is 1. The van der Waals surface area contributed by atoms with E-state index in [9.17, 15) is 4.79 Å². The van der Waals surface area contributed by atoms with Gasteiger partial charge in [-0.25, -0.2) is 0 Å². The first-order valence-corrected chi connectivity index (χ1v) is 8.64. The molecule has 4 rings (SSSR count). The van der Waals surface area contributed by atoms with Crippen LogP contribution in [-0.4, -0.2) is 27.8 Å². The molecular formula is C18H17ClN4O3. The van der Waals surface area contributed by atoms with Crippen molar-refractivity contribution < 1.29 is 13.9 Å². The molecule has 1 fully saturated rings. The number of hydrogen-bond acceptors (Lipinski definition) is 5. The van der Waals surface area contributed by atoms with Gasteiger partial charge in [0.15, 0.2) is 0 Å². The smallest absolute Gasteiger partial charge is 0.264 e. The maximum atomic E-state index is 12.5. The fraction of sp³-hybridized carbons (Fsp3) is 0.278. The highest BCUT2D eigenvalue weighted by molar-refractivity contribution is 6.31. The first-order chi connectivity index (χ1) is 12.6. The lowest BCUT2D eigenvalue weighted by molar-refractivity contribution is -0.116. The molecule has 0 aliphatic heterocycles. The van der Waals surface area contributed by atoms with Gasteiger partial charge in [-0.05, 0) is 43.2 Å². The average Bonchev–Trinajstić information content (AvgIpc) is 3.17. The van der Waals surface area contributed by atoms with E-state index in [1.54, 1.807) is 29.0 Å². The molecule has 26 heavy (non-hydrogen) atoms. The number of halogens is 1. The number of hydrogen-bond donors (Lipinski definition) is 1. The molecule has 1 aliphatic carbocycles. The van der Waals surface area contributed by atoms with E-state index in [-0.39, 0.29) is 12.5 Å². The zero-order valence-corrected chi connectivity index (χ0v) is 14.9. The molecule has 1 aliphatic rings. The summed E-state index contributed by atoms with van der Waals surface area (Å²) in [4.78, 5) is 12.5. The van der Waals surface area contributed by atoms with Gasteiger partial charge in [-0.3, -0.25) is 4.79 Å². The molecule has 1 N–H and O–H groups in total. The fourth-order valence-electron chi connectivity index (χ4n) is 2.70. The van der Waals surface area contributed by atoms with Crippen molar-refractivity contribution in [1.82, 2.24) is 14.8 Å². The molecule has 0 unspecified atom stereocenters. The molecule has 1 amide bonds. The molecule has 2 heterocycles. The monoisotopic (exact) mass is 372 g/mol. The minimum absolute atomic E-state index is 0.0964. The van der Waals surface area contributed by atoms with Crippen molar-refractivity contribution in [3.8, 4) is 17.3 Å². The summed E-state index contributed by atoms with van der Waals surface area (Å²) in [5.74, 6) is 1.80. The summed E-state index contributed by atoms with van der Waals surface area (Å²) in [6, 6.07) is 8.74. The van der Waals surface area contributed by atoms with Gasteiger partial charge < -0.3 is 19.0 Å². The van der Waals surface area contributed by atoms with Crippen molar-refractivity contribution in [2.24, 2.45) is 0 Å². The Morgan fingerprint density at radius 1 is 1.38 bits per heavy atom. The molecule has 2 aromatic heterocycles. The van der Waals surface area contributed by atoms with Crippen molar-refractivity contribution in [2.75, 3.05) is 12.4 Å². The van der Waals surface area contributed by atoms with E-state index in [4.69, 9.17) is 20.8 Å². The van der Waals surface area contributed by atoms with Gasteiger partial charge in [0.1, 0.15) is 18.0 Å². The van der Waals surface area contributed by atoms with Crippen LogP contribution >= 0.6 is 11.6 Å². The summed E-state index contributed by atoms with van der Waals surface area (Å²) in [5.41, 5.74) is 1.23. The van der Waals surface area contributed by atoms with Crippen LogP contribution in [0.5, 0.6) is 5.75 Å². The first-order valence-electron chi connectivity index (χ1n) is 8.26. The van der Waals surface area contributed by atoms with Gasteiger partial charge in [-0.2, -0.15) is 0 Å². The Labute approximate surface area is 154 Å². The van der Waals surface area contributed by atoms with Gasteiger partial charge in [0.05, 0.1) is 12.8 Å². The third-order valence-corrected chi connectivity index (χ3v) is 4.40. The van der Waals surface area contributed by atoms with Crippen LogP contribution in [0, 0.1) is 0 Å². The largest absolute Gasteiger partial charge is 0.495 e. The highest BCUT2D eigenvalue weighted by atomic mass is 35.5. The summed E-state index contributed by atoms with van der Waals surface area (Å²) >= 11 is 6.00. The van der Waals surface area contributed by atoms with Crippen LogP contribution in [0.4, 0.5) is 5.69 Å². The van der Waals surface area contributed by atoms with Crippen LogP contribution in [0.2, 0.25) is 5.02 Å². The number of benzene rings is 1. The number of ether oxygens (including phenoxy) is 1. The normalized spacial score (nSPS) is 13.6. The number of carbonyl (C=O) groups excluding carboxylic acids is 1. The van der Waals surface area contributed by atoms with Gasteiger partial charge in [-0.15, -0.1) is 10.2 Å². The van der Waals surface area contributed by atoms with Crippen LogP contribution in [-0.2, 0) is 11.3 Å². The minimum Gasteiger partial charge on any atom is -0.495 e. The highest BCUT2D eigenvalue weighted by Gasteiger charge is 2.30. The maximum Gasteiger partial charge on any atom is 0.264 e. The predicted octanol–water partition coefficient (Wildman–Crippen LogP) is 3.72. The molecule has 0 radical (unpaired) electrons. The quantitative estimate of drug-likeness (QED) is 0.713. The van der Waals surface area contributed by atoms with Crippen molar-refractivity contribution in [3.63, 3.8) is 0 Å². The second kappa shape index (κ2) is 6.84. The van der Waals surface area contributed by atoms with Crippen LogP contribution in [0.1, 0.15) is 24.7 Å². The fourth-order valence-corrected chi connectivity index (χ4v) is 2.87. The summed E-state index contributed by atoms with van der Waals surface area (Å²) < 4.78 is 12.7. The molecule has 134 valence electrons. The van der Waals surface area contributed by atoms with Crippen LogP contribution < -0.4 is 10.1 Å². The number of anilines is 1. The third kappa shape index (κ3) is 3.43. The standard InChI is InChI=1S/C18H17ClN4O3/c1-25-15-7-6-12(19)9-13(15)20-16(24)10-23-8-2-3-14(23)18-22-21-17(26-18)11-4-5-11/h2-3,6-9,11H,4-5,10H2,1H3,(H,20,24). The lowest BCUT2D eigenvalue weighted by Gasteiger charge is -2.11. The zero-order chi connectivity index (χ0) is 18.1. The third-order valence-electron chi connectivity index (χ3n) is 4.17. The molecular weight excluding hydrogens is 356 g/mol. The molecule has 0 atom stereocenters. The first kappa shape index (κ1) is 16.7. The molecule has 3 aromatic rings. The number of rotatable bonds is 6. The summed E-state index contributed by atoms with van der Waals surface area (Å²) in [6.45, 7) is 0.0964. The Morgan fingerprint density at radius 2 is 2.23 bits per heavy atom. The number of aromatic nitrogens is 3. The maximum absolute atomic E-state index is 12.5. The summed E-state index contributed by atoms with van der Waals surface area (Å²) in [6.07, 6.45) is 3.98. The summed E-state index contributed by atoms with van der Waals surface area (Å²) in [7, 11) is 1.54. The SMILES string of the molecule is COc1ccc(Cl)cc1NC(=O)Cn1cccc1-c1nnc(C2CC2)o1. The van der Waals surface area contributed by atoms with E-state index in [2.05, 4.69) is 15.5 Å². The Hall–Kier alpha value is -2.80. The van der Waals surface area contributed by atoms with Gasteiger partial charge >= 0.3 is 0 Å². The molecule has 8 heteroatoms. The molecule has 7 nitrogen and oxygen atoms in total. The molecule has 1 saturated carbocycles.